The highest BCUT2D eigenvalue weighted by Gasteiger charge is 2.35. The minimum Gasteiger partial charge on any atom is -0.485 e. The third kappa shape index (κ3) is 6.50. The molecule has 5 amide bonds. The van der Waals surface area contributed by atoms with E-state index in [1.165, 1.54) is 4.90 Å². The number of hydrogen-bond donors (Lipinski definition) is 4. The summed E-state index contributed by atoms with van der Waals surface area (Å²) in [5.74, 6) is 0.832. The molecule has 0 saturated heterocycles. The second kappa shape index (κ2) is 12.3. The number of rotatable bonds is 7. The van der Waals surface area contributed by atoms with Crippen molar-refractivity contribution in [2.45, 2.75) is 45.9 Å². The Morgan fingerprint density at radius 3 is 2.60 bits per heavy atom. The van der Waals surface area contributed by atoms with E-state index in [9.17, 15) is 19.5 Å². The fourth-order valence-corrected chi connectivity index (χ4v) is 4.53. The Morgan fingerprint density at radius 1 is 1.12 bits per heavy atom. The molecule has 0 fully saturated rings. The van der Waals surface area contributed by atoms with Gasteiger partial charge in [0.2, 0.25) is 6.79 Å². The number of ether oxygens (including phenoxy) is 3. The molecule has 0 radical (unpaired) electrons. The molecule has 2 aliphatic heterocycles. The number of anilines is 2. The first-order valence-electron chi connectivity index (χ1n) is 13.3. The van der Waals surface area contributed by atoms with Crippen LogP contribution in [-0.4, -0.2) is 84.6 Å². The van der Waals surface area contributed by atoms with Gasteiger partial charge in [-0.3, -0.25) is 4.79 Å². The summed E-state index contributed by atoms with van der Waals surface area (Å²) < 4.78 is 17.2. The van der Waals surface area contributed by atoms with E-state index >= 15 is 0 Å². The van der Waals surface area contributed by atoms with Crippen molar-refractivity contribution in [3.63, 3.8) is 0 Å². The summed E-state index contributed by atoms with van der Waals surface area (Å²) in [5.41, 5.74) is 1.13. The molecular weight excluding hydrogens is 518 g/mol. The summed E-state index contributed by atoms with van der Waals surface area (Å²) in [6.07, 6.45) is -0.552. The Balaban J connectivity index is 1.59. The van der Waals surface area contributed by atoms with Crippen LogP contribution in [0.4, 0.5) is 21.0 Å². The maximum atomic E-state index is 13.6. The Bertz CT molecular complexity index is 1250. The van der Waals surface area contributed by atoms with Crippen LogP contribution in [0.2, 0.25) is 0 Å². The third-order valence-corrected chi connectivity index (χ3v) is 6.78. The van der Waals surface area contributed by atoms with Gasteiger partial charge >= 0.3 is 12.1 Å². The van der Waals surface area contributed by atoms with E-state index in [0.29, 0.717) is 29.4 Å². The van der Waals surface area contributed by atoms with Crippen molar-refractivity contribution >= 4 is 29.3 Å². The molecule has 216 valence electrons. The Morgan fingerprint density at radius 2 is 1.88 bits per heavy atom. The first-order chi connectivity index (χ1) is 19.1. The molecule has 2 aliphatic rings. The quantitative estimate of drug-likeness (QED) is 0.411. The highest BCUT2D eigenvalue weighted by atomic mass is 16.7. The van der Waals surface area contributed by atoms with E-state index in [-0.39, 0.29) is 55.2 Å². The number of carbonyl (C=O) groups is 3. The van der Waals surface area contributed by atoms with Crippen molar-refractivity contribution in [2.24, 2.45) is 5.92 Å². The Hall–Kier alpha value is -4.19. The van der Waals surface area contributed by atoms with Crippen molar-refractivity contribution in [2.75, 3.05) is 44.2 Å². The molecule has 0 unspecified atom stereocenters. The van der Waals surface area contributed by atoms with Crippen LogP contribution in [0.3, 0.4) is 0 Å². The molecule has 0 spiro atoms. The fourth-order valence-electron chi connectivity index (χ4n) is 4.53. The zero-order chi connectivity index (χ0) is 29.0. The number of amides is 5. The molecule has 0 aliphatic carbocycles. The Kier molecular flexibility index (Phi) is 8.88. The van der Waals surface area contributed by atoms with Crippen LogP contribution in [0.25, 0.3) is 0 Å². The highest BCUT2D eigenvalue weighted by molar-refractivity contribution is 6.01. The van der Waals surface area contributed by atoms with Gasteiger partial charge in [-0.2, -0.15) is 0 Å². The molecular formula is C28H37N5O7. The average molecular weight is 556 g/mol. The number of nitrogens with zero attached hydrogens (tertiary/aromatic N) is 2. The SMILES string of the molecule is CC(C)NC(=O)Nc1cccc2c1O[C@H](CN(C)C(=O)Nc1ccc3c(c1)OCO3)[C@H](C)CN([C@@H](C)CO)C2=O. The van der Waals surface area contributed by atoms with E-state index in [1.54, 1.807) is 55.3 Å². The van der Waals surface area contributed by atoms with Crippen molar-refractivity contribution in [3.8, 4) is 17.2 Å². The molecule has 2 aromatic rings. The van der Waals surface area contributed by atoms with Crippen LogP contribution in [0.5, 0.6) is 17.2 Å². The molecule has 0 saturated carbocycles. The number of benzene rings is 2. The van der Waals surface area contributed by atoms with Gasteiger partial charge in [0.25, 0.3) is 5.91 Å². The summed E-state index contributed by atoms with van der Waals surface area (Å²) in [7, 11) is 1.65. The summed E-state index contributed by atoms with van der Waals surface area (Å²) >= 11 is 0. The Labute approximate surface area is 233 Å². The zero-order valence-electron chi connectivity index (χ0n) is 23.4. The molecule has 2 aromatic carbocycles. The number of aliphatic hydroxyl groups is 1. The van der Waals surface area contributed by atoms with Crippen molar-refractivity contribution in [1.29, 1.82) is 0 Å². The molecule has 2 heterocycles. The monoisotopic (exact) mass is 555 g/mol. The van der Waals surface area contributed by atoms with E-state index in [1.807, 2.05) is 20.8 Å². The molecule has 0 bridgehead atoms. The lowest BCUT2D eigenvalue weighted by molar-refractivity contribution is 0.0373. The van der Waals surface area contributed by atoms with Crippen LogP contribution >= 0.6 is 0 Å². The maximum absolute atomic E-state index is 13.6. The number of nitrogens with one attached hydrogen (secondary N) is 3. The molecule has 4 N–H and O–H groups in total. The van der Waals surface area contributed by atoms with Gasteiger partial charge in [-0.05, 0) is 45.0 Å². The van der Waals surface area contributed by atoms with E-state index in [2.05, 4.69) is 16.0 Å². The minimum absolute atomic E-state index is 0.0985. The predicted molar refractivity (Wildman–Crippen MR) is 149 cm³/mol. The number of carbonyl (C=O) groups excluding carboxylic acids is 3. The number of hydrogen-bond acceptors (Lipinski definition) is 7. The average Bonchev–Trinajstić information content (AvgIpc) is 3.38. The predicted octanol–water partition coefficient (Wildman–Crippen LogP) is 3.33. The zero-order valence-corrected chi connectivity index (χ0v) is 23.4. The lowest BCUT2D eigenvalue weighted by atomic mass is 9.99. The van der Waals surface area contributed by atoms with E-state index < -0.39 is 18.2 Å². The van der Waals surface area contributed by atoms with Gasteiger partial charge in [0.1, 0.15) is 6.10 Å². The van der Waals surface area contributed by atoms with Gasteiger partial charge in [0, 0.05) is 37.3 Å². The van der Waals surface area contributed by atoms with Crippen LogP contribution in [0.15, 0.2) is 36.4 Å². The lowest BCUT2D eigenvalue weighted by Crippen LogP contribution is -2.50. The molecule has 0 aromatic heterocycles. The fraction of sp³-hybridized carbons (Fsp3) is 0.464. The van der Waals surface area contributed by atoms with Gasteiger partial charge in [-0.15, -0.1) is 0 Å². The molecule has 12 nitrogen and oxygen atoms in total. The molecule has 4 rings (SSSR count). The first kappa shape index (κ1) is 28.8. The molecule has 3 atom stereocenters. The molecule has 12 heteroatoms. The van der Waals surface area contributed by atoms with Crippen LogP contribution in [0, 0.1) is 5.92 Å². The summed E-state index contributed by atoms with van der Waals surface area (Å²) in [6, 6.07) is 8.75. The van der Waals surface area contributed by atoms with E-state index in [0.717, 1.165) is 0 Å². The van der Waals surface area contributed by atoms with Crippen molar-refractivity contribution in [1.82, 2.24) is 15.1 Å². The second-order valence-electron chi connectivity index (χ2n) is 10.4. The normalized spacial score (nSPS) is 18.7. The lowest BCUT2D eigenvalue weighted by Gasteiger charge is -2.38. The topological polar surface area (TPSA) is 142 Å². The summed E-state index contributed by atoms with van der Waals surface area (Å²) in [4.78, 5) is 42.3. The van der Waals surface area contributed by atoms with Gasteiger partial charge in [-0.1, -0.05) is 13.0 Å². The highest BCUT2D eigenvalue weighted by Crippen LogP contribution is 2.36. The number of urea groups is 2. The van der Waals surface area contributed by atoms with Crippen molar-refractivity contribution < 1.29 is 33.7 Å². The smallest absolute Gasteiger partial charge is 0.321 e. The van der Waals surface area contributed by atoms with Crippen molar-refractivity contribution in [3.05, 3.63) is 42.0 Å². The van der Waals surface area contributed by atoms with Gasteiger partial charge in [0.15, 0.2) is 17.2 Å². The third-order valence-electron chi connectivity index (χ3n) is 6.78. The van der Waals surface area contributed by atoms with E-state index in [4.69, 9.17) is 14.2 Å². The summed E-state index contributed by atoms with van der Waals surface area (Å²) in [5, 5.41) is 18.3. The van der Waals surface area contributed by atoms with Crippen LogP contribution in [0.1, 0.15) is 38.1 Å². The standard InChI is InChI=1S/C28H37N5O7/c1-16(2)29-27(36)31-21-8-6-7-20-25(21)40-24(17(3)12-33(26(20)35)18(4)14-34)13-32(5)28(37)30-19-9-10-22-23(11-19)39-15-38-22/h6-11,16-18,24,34H,12-15H2,1-5H3,(H,30,37)(H2,29,31,36)/t17-,18+,24-/m1/s1. The van der Waals surface area contributed by atoms with Gasteiger partial charge < -0.3 is 45.1 Å². The first-order valence-corrected chi connectivity index (χ1v) is 13.3. The second-order valence-corrected chi connectivity index (χ2v) is 10.4. The summed E-state index contributed by atoms with van der Waals surface area (Å²) in [6.45, 7) is 7.77. The number of para-hydroxylation sites is 1. The van der Waals surface area contributed by atoms with Gasteiger partial charge in [0.05, 0.1) is 30.4 Å². The molecule has 40 heavy (non-hydrogen) atoms. The minimum atomic E-state index is -0.552. The number of fused-ring (bicyclic) bond motifs is 2. The largest absolute Gasteiger partial charge is 0.485 e. The number of likely N-dealkylation sites (N-methyl/N-ethyl adjacent to an activating group) is 1. The van der Waals surface area contributed by atoms with Crippen LogP contribution < -0.4 is 30.2 Å². The van der Waals surface area contributed by atoms with Gasteiger partial charge in [-0.25, -0.2) is 9.59 Å². The maximum Gasteiger partial charge on any atom is 0.321 e. The number of aliphatic hydroxyl groups excluding tert-OH is 1. The van der Waals surface area contributed by atoms with Crippen LogP contribution in [-0.2, 0) is 0 Å².